The highest BCUT2D eigenvalue weighted by molar-refractivity contribution is 7.58. The molecule has 4 N–H and O–H groups in total. The van der Waals surface area contributed by atoms with E-state index in [0.717, 1.165) is 0 Å². The number of methoxy groups -OCH3 is 3. The summed E-state index contributed by atoms with van der Waals surface area (Å²) in [7, 11) is -11.4. The molecule has 6 rings (SSSR count). The van der Waals surface area contributed by atoms with E-state index >= 15 is 0 Å². The molecular weight excluding hydrogens is 1770 g/mol. The fourth-order valence-electron chi connectivity index (χ4n) is 13.8. The van der Waals surface area contributed by atoms with E-state index in [9.17, 15) is 57.2 Å². The van der Waals surface area contributed by atoms with E-state index < -0.39 is 185 Å². The van der Waals surface area contributed by atoms with E-state index in [4.69, 9.17) is 101 Å². The van der Waals surface area contributed by atoms with Gasteiger partial charge in [-0.25, -0.2) is 36.9 Å². The van der Waals surface area contributed by atoms with Gasteiger partial charge in [-0.15, -0.1) is 0 Å². The van der Waals surface area contributed by atoms with Crippen LogP contribution in [0, 0.1) is 33.9 Å². The minimum Gasteiger partial charge on any atom is -0.459 e. The molecular formula is C79H139N10O31P5Si. The standard InChI is InChI=1S/2C28H48N4O11P2.C23H43N2O9PSi/c2*1-11-40-45(10,36)17-22(41-21(7)33)23-24(43-44(39-13-12-29-8)32(18(2)3)19(4)5)25(38-15-14-37-9)27(42-23)31-16-20(6)26(34)30-28(31)35;1-10-32-35(7,29)14-16(26)17-18(34-36(8,9)23(3,4)5)19(31-12-11-30-6)21(33-17)25-13-15(2)20(27)24-22(25)28/h2*16,18-19,22-25,27H,11-15,17H2,1-7,9-10H3,(H,30,34,35);13,16-19,21,26H,10-12,14H2,1-9H3,(H,24,27,28)/t22-,23+,24+,25+,27+,44?,45?;22-,23-,24-,25-,27-,44?,45?;16-,17-,18-,19-,21-,35?/m011/s1. The predicted molar refractivity (Wildman–Crippen MR) is 477 cm³/mol. The van der Waals surface area contributed by atoms with E-state index in [-0.39, 0.29) is 145 Å². The number of nitrogens with one attached hydrogen (secondary N) is 3. The van der Waals surface area contributed by atoms with Gasteiger partial charge in [0.2, 0.25) is 35.2 Å². The van der Waals surface area contributed by atoms with E-state index in [1.165, 1.54) is 80.4 Å². The van der Waals surface area contributed by atoms with Gasteiger partial charge in [-0.2, -0.15) is 0 Å². The summed E-state index contributed by atoms with van der Waals surface area (Å²) >= 11 is 0. The topological polar surface area (TPSA) is 461 Å². The quantitative estimate of drug-likeness (QED) is 0.0134. The van der Waals surface area contributed by atoms with Gasteiger partial charge in [0.1, 0.15) is 80.4 Å². The smallest absolute Gasteiger partial charge is 0.330 e. The lowest BCUT2D eigenvalue weighted by molar-refractivity contribution is -0.157. The number of carbonyl (C=O) groups excluding carboxylic acids is 2. The summed E-state index contributed by atoms with van der Waals surface area (Å²) in [6, 6.07) is -0.181. The molecule has 5 unspecified atom stereocenters. The summed E-state index contributed by atoms with van der Waals surface area (Å²) in [6.07, 6.45) is -12.3. The molecule has 0 radical (unpaired) electrons. The number of nitrogens with zero attached hydrogens (tertiary/aromatic N) is 7. The van der Waals surface area contributed by atoms with Crippen LogP contribution in [0.4, 0.5) is 0 Å². The second-order valence-corrected chi connectivity index (χ2v) is 48.6. The summed E-state index contributed by atoms with van der Waals surface area (Å²) in [5.41, 5.74) is -2.99. The molecule has 126 heavy (non-hydrogen) atoms. The maximum absolute atomic E-state index is 13.4. The second kappa shape index (κ2) is 53.0. The Morgan fingerprint density at radius 1 is 0.508 bits per heavy atom. The van der Waals surface area contributed by atoms with Crippen LogP contribution in [-0.2, 0) is 111 Å². The Morgan fingerprint density at radius 3 is 1.07 bits per heavy atom. The Hall–Kier alpha value is -5.07. The summed E-state index contributed by atoms with van der Waals surface area (Å²) in [4.78, 5) is 114. The number of aryl methyl sites for hydroxylation is 3. The normalized spacial score (nSPS) is 23.6. The zero-order valence-electron chi connectivity index (χ0n) is 78.1. The van der Waals surface area contributed by atoms with Crippen molar-refractivity contribution in [2.45, 2.75) is 266 Å². The summed E-state index contributed by atoms with van der Waals surface area (Å²) in [5.74, 6) is -1.31. The Kier molecular flexibility index (Phi) is 47.6. The van der Waals surface area contributed by atoms with Crippen molar-refractivity contribution in [3.63, 3.8) is 0 Å². The van der Waals surface area contributed by atoms with Crippen molar-refractivity contribution in [3.05, 3.63) is 121 Å². The molecule has 41 nitrogen and oxygen atoms in total. The SMILES string of the molecule is CCOP(C)(=O)C[C@@H](O)[C@H]1O[C@@H](n2cc(C)c(=O)[nH]c2=O)[C@H](OCCOC)[C@@H]1O[Si](C)(C)C(C)(C)C.[C-]#[N+]CCOP(O[C@H]1[C@@H](OCCOC)[C@H](n2cc(C)c(=O)[nH]c2=O)O[C@@H]1[C@@H](CP(C)(=O)OCC)OC(C)=O)N(C(C)C)C(C)C.[C-]#[N+]CCOP(O[C@H]1[C@@H](OCCOC)[C@H](n2cc(C)c(=O)[nH]c2=O)O[C@@H]1[C@H](CP(C)(=O)OCC)OC(C)=O)N(C(C)C)C(C)C. The number of hydrogen-bond donors (Lipinski definition) is 4. The molecule has 3 fully saturated rings. The summed E-state index contributed by atoms with van der Waals surface area (Å²) < 4.78 is 161. The van der Waals surface area contributed by atoms with Gasteiger partial charge in [0.25, 0.3) is 33.7 Å². The van der Waals surface area contributed by atoms with Crippen LogP contribution in [0.1, 0.15) is 146 Å². The summed E-state index contributed by atoms with van der Waals surface area (Å²) in [5, 5.41) is 11.1. The number of hydrogen-bond acceptors (Lipinski definition) is 33. The van der Waals surface area contributed by atoms with Crippen LogP contribution in [-0.4, -0.2) is 306 Å². The lowest BCUT2D eigenvalue weighted by Crippen LogP contribution is -2.52. The van der Waals surface area contributed by atoms with Gasteiger partial charge in [-0.05, 0) is 115 Å². The first-order valence-electron chi connectivity index (χ1n) is 41.9. The van der Waals surface area contributed by atoms with Crippen molar-refractivity contribution in [2.24, 2.45) is 0 Å². The lowest BCUT2D eigenvalue weighted by Gasteiger charge is -2.41. The third-order valence-corrected chi connectivity index (χ3v) is 34.4. The minimum absolute atomic E-state index is 0.0453. The molecule has 0 bridgehead atoms. The average Bonchev–Trinajstić information content (AvgIpc) is 1.62. The van der Waals surface area contributed by atoms with E-state index in [1.807, 2.05) is 64.7 Å². The zero-order chi connectivity index (χ0) is 95.3. The van der Waals surface area contributed by atoms with Crippen LogP contribution in [0.3, 0.4) is 0 Å². The molecule has 3 aromatic heterocycles. The fraction of sp³-hybridized carbons (Fsp3) is 0.797. The minimum atomic E-state index is -3.31. The van der Waals surface area contributed by atoms with Crippen LogP contribution in [0.5, 0.6) is 0 Å². The molecule has 3 aliphatic heterocycles. The Labute approximate surface area is 742 Å². The number of rotatable bonds is 50. The Bertz CT molecular complexity index is 4300. The number of esters is 2. The Balaban J connectivity index is 0.000000399. The van der Waals surface area contributed by atoms with Crippen LogP contribution < -0.4 is 33.7 Å². The van der Waals surface area contributed by atoms with Crippen LogP contribution in [0.2, 0.25) is 18.1 Å². The van der Waals surface area contributed by atoms with Gasteiger partial charge >= 0.3 is 29.0 Å². The number of H-pyrrole nitrogens is 3. The first-order chi connectivity index (χ1) is 58.9. The number of aliphatic hydroxyl groups is 1. The third-order valence-electron chi connectivity index (χ3n) is 20.2. The summed E-state index contributed by atoms with van der Waals surface area (Å²) in [6.45, 7) is 59.2. The van der Waals surface area contributed by atoms with Crippen LogP contribution >= 0.6 is 39.2 Å². The lowest BCUT2D eigenvalue weighted by atomic mass is 10.1. The number of ether oxygens (including phenoxy) is 11. The number of aromatic nitrogens is 6. The van der Waals surface area contributed by atoms with Gasteiger partial charge in [0.15, 0.2) is 27.0 Å². The zero-order valence-corrected chi connectivity index (χ0v) is 83.5. The molecule has 6 heterocycles. The number of carbonyl (C=O) groups is 2. The fourth-order valence-corrected chi connectivity index (χ4v) is 23.3. The predicted octanol–water partition coefficient (Wildman–Crippen LogP) is 9.10. The molecule has 0 saturated carbocycles. The van der Waals surface area contributed by atoms with Crippen molar-refractivity contribution in [1.29, 1.82) is 0 Å². The van der Waals surface area contributed by atoms with Crippen LogP contribution in [0.25, 0.3) is 9.69 Å². The van der Waals surface area contributed by atoms with Crippen molar-refractivity contribution in [3.8, 4) is 0 Å². The van der Waals surface area contributed by atoms with Gasteiger partial charge in [0.05, 0.1) is 84.1 Å². The van der Waals surface area contributed by atoms with Gasteiger partial charge in [0, 0.05) is 115 Å². The highest BCUT2D eigenvalue weighted by Gasteiger charge is 2.58. The van der Waals surface area contributed by atoms with E-state index in [2.05, 4.69) is 58.5 Å². The van der Waals surface area contributed by atoms with Crippen molar-refractivity contribution in [2.75, 3.05) is 146 Å². The van der Waals surface area contributed by atoms with Gasteiger partial charge in [-0.1, -0.05) is 20.8 Å². The Morgan fingerprint density at radius 2 is 0.802 bits per heavy atom. The largest absolute Gasteiger partial charge is 0.459 e. The van der Waals surface area contributed by atoms with Crippen molar-refractivity contribution < 1.29 is 117 Å². The molecule has 20 atom stereocenters. The molecule has 0 aliphatic carbocycles. The molecule has 720 valence electrons. The molecule has 47 heteroatoms. The molecule has 0 spiro atoms. The molecule has 3 aromatic rings. The molecule has 0 amide bonds. The highest BCUT2D eigenvalue weighted by atomic mass is 31.2. The monoisotopic (exact) mass is 1910 g/mol. The first-order valence-corrected chi connectivity index (χ1v) is 53.8. The second-order valence-electron chi connectivity index (χ2n) is 33.1. The third kappa shape index (κ3) is 33.9. The highest BCUT2D eigenvalue weighted by Crippen LogP contribution is 2.56. The van der Waals surface area contributed by atoms with Crippen molar-refractivity contribution in [1.82, 2.24) is 38.0 Å². The van der Waals surface area contributed by atoms with E-state index in [0.29, 0.717) is 5.56 Å². The average molecular weight is 1910 g/mol. The van der Waals surface area contributed by atoms with E-state index in [1.54, 1.807) is 48.7 Å². The van der Waals surface area contributed by atoms with Gasteiger partial charge < -0.3 is 103 Å². The number of aromatic amines is 3. The first kappa shape index (κ1) is 113. The van der Waals surface area contributed by atoms with Crippen LogP contribution in [0.15, 0.2) is 47.4 Å². The molecule has 3 saturated heterocycles. The van der Waals surface area contributed by atoms with Crippen molar-refractivity contribution >= 4 is 59.4 Å². The molecule has 0 aromatic carbocycles. The number of aliphatic hydroxyl groups excluding tert-OH is 1. The maximum Gasteiger partial charge on any atom is 0.330 e. The maximum atomic E-state index is 13.4. The van der Waals surface area contributed by atoms with Gasteiger partial charge in [-0.3, -0.25) is 66.3 Å². The molecule has 3 aliphatic rings.